The van der Waals surface area contributed by atoms with Crippen LogP contribution < -0.4 is 0 Å². The summed E-state index contributed by atoms with van der Waals surface area (Å²) in [6, 6.07) is 8.61. The van der Waals surface area contributed by atoms with Gasteiger partial charge in [-0.15, -0.1) is 0 Å². The smallest absolute Gasteiger partial charge is 0.201 e. The van der Waals surface area contributed by atoms with E-state index in [2.05, 4.69) is 24.3 Å². The van der Waals surface area contributed by atoms with Crippen molar-refractivity contribution in [1.82, 2.24) is 0 Å². The van der Waals surface area contributed by atoms with Crippen LogP contribution in [-0.4, -0.2) is 12.4 Å². The zero-order valence-electron chi connectivity index (χ0n) is 11.0. The summed E-state index contributed by atoms with van der Waals surface area (Å²) < 4.78 is 5.55. The molecule has 0 aromatic heterocycles. The lowest BCUT2D eigenvalue weighted by atomic mass is 9.92. The summed E-state index contributed by atoms with van der Waals surface area (Å²) in [6.07, 6.45) is 6.30. The van der Waals surface area contributed by atoms with Crippen LogP contribution in [0.2, 0.25) is 0 Å². The van der Waals surface area contributed by atoms with Gasteiger partial charge in [0.05, 0.1) is 6.61 Å². The number of hydrogen-bond acceptors (Lipinski definition) is 2. The van der Waals surface area contributed by atoms with Crippen LogP contribution in [0.25, 0.3) is 0 Å². The molecule has 0 amide bonds. The largest absolute Gasteiger partial charge is 0.490 e. The van der Waals surface area contributed by atoms with Crippen molar-refractivity contribution >= 4 is 5.78 Å². The summed E-state index contributed by atoms with van der Waals surface area (Å²) in [5.41, 5.74) is 2.85. The minimum Gasteiger partial charge on any atom is -0.490 e. The van der Waals surface area contributed by atoms with E-state index in [1.54, 1.807) is 0 Å². The third-order valence-electron chi connectivity index (χ3n) is 4.81. The van der Waals surface area contributed by atoms with Crippen molar-refractivity contribution < 1.29 is 9.53 Å². The molecule has 0 bridgehead atoms. The Hall–Kier alpha value is -1.57. The number of ether oxygens (including phenoxy) is 1. The minimum absolute atomic E-state index is 0.188. The van der Waals surface area contributed by atoms with Crippen LogP contribution in [0.3, 0.4) is 0 Å². The maximum atomic E-state index is 12.5. The summed E-state index contributed by atoms with van der Waals surface area (Å²) in [5, 5.41) is 0. The number of fused-ring (bicyclic) bond motifs is 3. The van der Waals surface area contributed by atoms with Crippen LogP contribution in [0, 0.1) is 11.8 Å². The summed E-state index contributed by atoms with van der Waals surface area (Å²) >= 11 is 0. The van der Waals surface area contributed by atoms with Gasteiger partial charge in [0.2, 0.25) is 5.78 Å². The van der Waals surface area contributed by atoms with Gasteiger partial charge in [0, 0.05) is 5.92 Å². The number of aryl methyl sites for hydroxylation is 1. The molecule has 4 rings (SSSR count). The first-order valence-corrected chi connectivity index (χ1v) is 7.31. The first kappa shape index (κ1) is 11.3. The number of benzene rings is 1. The monoisotopic (exact) mass is 254 g/mol. The molecule has 3 aliphatic rings. The fourth-order valence-corrected chi connectivity index (χ4v) is 3.82. The lowest BCUT2D eigenvalue weighted by Crippen LogP contribution is -2.13. The Labute approximate surface area is 113 Å². The maximum absolute atomic E-state index is 12.5. The van der Waals surface area contributed by atoms with Crippen molar-refractivity contribution in [1.29, 1.82) is 0 Å². The second-order valence-corrected chi connectivity index (χ2v) is 5.88. The van der Waals surface area contributed by atoms with E-state index < -0.39 is 0 Å². The Bertz CT molecular complexity index is 558. The van der Waals surface area contributed by atoms with E-state index in [0.717, 1.165) is 25.7 Å². The van der Waals surface area contributed by atoms with Gasteiger partial charge in [0.15, 0.2) is 5.76 Å². The molecular weight excluding hydrogens is 236 g/mol. The van der Waals surface area contributed by atoms with Crippen molar-refractivity contribution in [3.8, 4) is 0 Å². The predicted octanol–water partition coefficient (Wildman–Crippen LogP) is 3.23. The molecule has 2 aliphatic carbocycles. The van der Waals surface area contributed by atoms with E-state index in [-0.39, 0.29) is 11.7 Å². The number of Topliss-reactive ketones (excluding diaryl/α,β-unsaturated/α-hetero) is 1. The molecule has 1 heterocycles. The van der Waals surface area contributed by atoms with Gasteiger partial charge in [-0.1, -0.05) is 24.3 Å². The van der Waals surface area contributed by atoms with Crippen LogP contribution >= 0.6 is 0 Å². The highest BCUT2D eigenvalue weighted by molar-refractivity contribution is 5.98. The molecule has 19 heavy (non-hydrogen) atoms. The molecule has 1 aromatic carbocycles. The zero-order chi connectivity index (χ0) is 12.8. The molecule has 1 aromatic rings. The predicted molar refractivity (Wildman–Crippen MR) is 72.8 cm³/mol. The molecule has 98 valence electrons. The molecular formula is C17H18O2. The molecule has 1 fully saturated rings. The van der Waals surface area contributed by atoms with E-state index in [9.17, 15) is 4.79 Å². The van der Waals surface area contributed by atoms with Gasteiger partial charge in [-0.05, 0) is 54.7 Å². The third kappa shape index (κ3) is 1.73. The molecule has 3 atom stereocenters. The Balaban J connectivity index is 1.60. The Morgan fingerprint density at radius 2 is 2.16 bits per heavy atom. The SMILES string of the molecule is O=C(C1=CCCCO1)C1C2CCc3ccccc3C21. The van der Waals surface area contributed by atoms with Gasteiger partial charge < -0.3 is 4.74 Å². The number of carbonyl (C=O) groups is 1. The second kappa shape index (κ2) is 4.22. The van der Waals surface area contributed by atoms with Gasteiger partial charge >= 0.3 is 0 Å². The molecule has 1 aliphatic heterocycles. The van der Waals surface area contributed by atoms with Gasteiger partial charge in [0.25, 0.3) is 0 Å². The summed E-state index contributed by atoms with van der Waals surface area (Å²) in [6.45, 7) is 0.705. The lowest BCUT2D eigenvalue weighted by molar-refractivity contribution is -0.120. The number of rotatable bonds is 2. The molecule has 0 N–H and O–H groups in total. The van der Waals surface area contributed by atoms with E-state index in [1.165, 1.54) is 11.1 Å². The van der Waals surface area contributed by atoms with Crippen molar-refractivity contribution in [2.75, 3.05) is 6.61 Å². The van der Waals surface area contributed by atoms with Crippen LogP contribution in [0.1, 0.15) is 36.3 Å². The van der Waals surface area contributed by atoms with Gasteiger partial charge in [-0.2, -0.15) is 0 Å². The highest BCUT2D eigenvalue weighted by atomic mass is 16.5. The van der Waals surface area contributed by atoms with Crippen LogP contribution in [0.4, 0.5) is 0 Å². The molecule has 2 heteroatoms. The standard InChI is InChI=1S/C17H18O2/c18-17(14-7-3-4-10-19-14)16-13-9-8-11-5-1-2-6-12(11)15(13)16/h1-2,5-7,13,15-16H,3-4,8-10H2. The molecule has 2 nitrogen and oxygen atoms in total. The average molecular weight is 254 g/mol. The number of ketones is 1. The van der Waals surface area contributed by atoms with E-state index >= 15 is 0 Å². The first-order valence-electron chi connectivity index (χ1n) is 7.31. The fraction of sp³-hybridized carbons (Fsp3) is 0.471. The van der Waals surface area contributed by atoms with Crippen molar-refractivity contribution in [3.63, 3.8) is 0 Å². The van der Waals surface area contributed by atoms with Crippen molar-refractivity contribution in [2.45, 2.75) is 31.6 Å². The van der Waals surface area contributed by atoms with Gasteiger partial charge in [-0.3, -0.25) is 4.79 Å². The highest BCUT2D eigenvalue weighted by Gasteiger charge is 2.57. The molecule has 1 saturated carbocycles. The van der Waals surface area contributed by atoms with Crippen molar-refractivity contribution in [3.05, 3.63) is 47.2 Å². The molecule has 3 unspecified atom stereocenters. The molecule has 0 radical (unpaired) electrons. The van der Waals surface area contributed by atoms with Gasteiger partial charge in [0.1, 0.15) is 0 Å². The normalized spacial score (nSPS) is 31.6. The maximum Gasteiger partial charge on any atom is 0.201 e. The van der Waals surface area contributed by atoms with E-state index in [1.807, 2.05) is 6.08 Å². The Kier molecular flexibility index (Phi) is 2.51. The summed E-state index contributed by atoms with van der Waals surface area (Å²) in [5.74, 6) is 2.11. The topological polar surface area (TPSA) is 26.3 Å². The quantitative estimate of drug-likeness (QED) is 0.810. The van der Waals surface area contributed by atoms with Crippen molar-refractivity contribution in [2.24, 2.45) is 11.8 Å². The number of carbonyl (C=O) groups excluding carboxylic acids is 1. The Morgan fingerprint density at radius 3 is 3.00 bits per heavy atom. The lowest BCUT2D eigenvalue weighted by Gasteiger charge is -2.14. The minimum atomic E-state index is 0.188. The zero-order valence-corrected chi connectivity index (χ0v) is 11.0. The first-order chi connectivity index (χ1) is 9.36. The molecule has 0 spiro atoms. The van der Waals surface area contributed by atoms with Crippen LogP contribution in [0.5, 0.6) is 0 Å². The summed E-state index contributed by atoms with van der Waals surface area (Å²) in [4.78, 5) is 12.5. The van der Waals surface area contributed by atoms with Crippen LogP contribution in [-0.2, 0) is 16.0 Å². The fourth-order valence-electron chi connectivity index (χ4n) is 3.82. The number of hydrogen-bond donors (Lipinski definition) is 0. The van der Waals surface area contributed by atoms with E-state index in [4.69, 9.17) is 4.74 Å². The third-order valence-corrected chi connectivity index (χ3v) is 4.81. The number of allylic oxidation sites excluding steroid dienone is 2. The summed E-state index contributed by atoms with van der Waals surface area (Å²) in [7, 11) is 0. The Morgan fingerprint density at radius 1 is 1.26 bits per heavy atom. The van der Waals surface area contributed by atoms with E-state index in [0.29, 0.717) is 24.2 Å². The second-order valence-electron chi connectivity index (χ2n) is 5.88. The molecule has 0 saturated heterocycles. The van der Waals surface area contributed by atoms with Gasteiger partial charge in [-0.25, -0.2) is 0 Å². The average Bonchev–Trinajstić information content (AvgIpc) is 3.22. The highest BCUT2D eigenvalue weighted by Crippen LogP contribution is 2.60. The van der Waals surface area contributed by atoms with Crippen LogP contribution in [0.15, 0.2) is 36.1 Å².